The van der Waals surface area contributed by atoms with Crippen LogP contribution in [0.4, 0.5) is 5.69 Å². The van der Waals surface area contributed by atoms with E-state index in [9.17, 15) is 4.21 Å². The molecule has 88 valence electrons. The summed E-state index contributed by atoms with van der Waals surface area (Å²) in [4.78, 5) is 0.590. The Morgan fingerprint density at radius 3 is 2.88 bits per heavy atom. The van der Waals surface area contributed by atoms with Gasteiger partial charge in [-0.25, -0.2) is 0 Å². The van der Waals surface area contributed by atoms with E-state index in [1.165, 1.54) is 12.8 Å². The van der Waals surface area contributed by atoms with Gasteiger partial charge in [-0.1, -0.05) is 11.6 Å². The molecule has 1 saturated carbocycles. The van der Waals surface area contributed by atoms with Crippen LogP contribution in [0.5, 0.6) is 0 Å². The van der Waals surface area contributed by atoms with Crippen LogP contribution in [0.3, 0.4) is 0 Å². The number of hydrogen-bond donors (Lipinski definition) is 1. The van der Waals surface area contributed by atoms with E-state index < -0.39 is 10.8 Å². The lowest BCUT2D eigenvalue weighted by Gasteiger charge is -2.06. The highest BCUT2D eigenvalue weighted by atomic mass is 35.5. The number of rotatable bonds is 5. The average Bonchev–Trinajstić information content (AvgIpc) is 3.01. The van der Waals surface area contributed by atoms with Crippen LogP contribution in [-0.2, 0) is 15.5 Å². The molecule has 1 unspecified atom stereocenters. The van der Waals surface area contributed by atoms with E-state index in [1.807, 2.05) is 0 Å². The van der Waals surface area contributed by atoms with Crippen LogP contribution in [0, 0.1) is 5.92 Å². The fourth-order valence-corrected chi connectivity index (χ4v) is 2.66. The standard InChI is InChI=1S/C11H14ClNO2S/c12-10-5-9(13)3-4-11(10)16(14)7-15-6-8-1-2-8/h3-5,8H,1-2,6-7,13H2. The van der Waals surface area contributed by atoms with Gasteiger partial charge in [0.1, 0.15) is 5.94 Å². The highest BCUT2D eigenvalue weighted by Gasteiger charge is 2.21. The molecule has 0 spiro atoms. The van der Waals surface area contributed by atoms with Crippen molar-refractivity contribution in [3.63, 3.8) is 0 Å². The Morgan fingerprint density at radius 2 is 2.25 bits per heavy atom. The van der Waals surface area contributed by atoms with Crippen LogP contribution >= 0.6 is 11.6 Å². The summed E-state index contributed by atoms with van der Waals surface area (Å²) < 4.78 is 17.2. The lowest BCUT2D eigenvalue weighted by atomic mass is 10.3. The van der Waals surface area contributed by atoms with E-state index in [2.05, 4.69) is 0 Å². The molecule has 0 heterocycles. The molecule has 3 nitrogen and oxygen atoms in total. The number of nitrogens with two attached hydrogens (primary N) is 1. The quantitative estimate of drug-likeness (QED) is 0.827. The number of nitrogen functional groups attached to an aromatic ring is 1. The van der Waals surface area contributed by atoms with Crippen molar-refractivity contribution in [3.05, 3.63) is 23.2 Å². The first kappa shape index (κ1) is 11.9. The average molecular weight is 260 g/mol. The zero-order valence-electron chi connectivity index (χ0n) is 8.82. The molecule has 2 rings (SSSR count). The van der Waals surface area contributed by atoms with Crippen LogP contribution in [-0.4, -0.2) is 16.8 Å². The van der Waals surface area contributed by atoms with Crippen LogP contribution in [0.2, 0.25) is 5.02 Å². The fraction of sp³-hybridized carbons (Fsp3) is 0.455. The highest BCUT2D eigenvalue weighted by molar-refractivity contribution is 7.85. The van der Waals surface area contributed by atoms with Crippen LogP contribution < -0.4 is 5.73 Å². The summed E-state index contributed by atoms with van der Waals surface area (Å²) in [6.45, 7) is 0.707. The van der Waals surface area contributed by atoms with E-state index in [0.29, 0.717) is 28.1 Å². The van der Waals surface area contributed by atoms with Gasteiger partial charge in [0.15, 0.2) is 0 Å². The SMILES string of the molecule is Nc1ccc(S(=O)COCC2CC2)c(Cl)c1. The third-order valence-electron chi connectivity index (χ3n) is 2.44. The van der Waals surface area contributed by atoms with Crippen molar-refractivity contribution in [1.82, 2.24) is 0 Å². The number of halogens is 1. The molecule has 1 aliphatic rings. The van der Waals surface area contributed by atoms with Crippen molar-refractivity contribution in [1.29, 1.82) is 0 Å². The molecule has 1 atom stereocenters. The largest absolute Gasteiger partial charge is 0.399 e. The molecule has 0 radical (unpaired) electrons. The first-order valence-corrected chi connectivity index (χ1v) is 6.87. The smallest absolute Gasteiger partial charge is 0.126 e. The van der Waals surface area contributed by atoms with Crippen molar-refractivity contribution < 1.29 is 8.95 Å². The second-order valence-electron chi connectivity index (χ2n) is 3.97. The zero-order valence-corrected chi connectivity index (χ0v) is 10.4. The van der Waals surface area contributed by atoms with Crippen molar-refractivity contribution >= 4 is 28.1 Å². The molecule has 16 heavy (non-hydrogen) atoms. The van der Waals surface area contributed by atoms with Crippen molar-refractivity contribution in [3.8, 4) is 0 Å². The molecule has 5 heteroatoms. The normalized spacial score (nSPS) is 17.3. The summed E-state index contributed by atoms with van der Waals surface area (Å²) in [5.74, 6) is 0.888. The molecule has 0 aliphatic heterocycles. The van der Waals surface area contributed by atoms with Gasteiger partial charge in [0, 0.05) is 5.69 Å². The molecular formula is C11H14ClNO2S. The van der Waals surface area contributed by atoms with E-state index in [4.69, 9.17) is 22.1 Å². The third kappa shape index (κ3) is 3.20. The van der Waals surface area contributed by atoms with Gasteiger partial charge in [-0.2, -0.15) is 0 Å². The van der Waals surface area contributed by atoms with Gasteiger partial charge in [-0.05, 0) is 37.0 Å². The maximum absolute atomic E-state index is 11.8. The summed E-state index contributed by atoms with van der Waals surface area (Å²) in [7, 11) is -1.20. The monoisotopic (exact) mass is 259 g/mol. The Kier molecular flexibility index (Phi) is 3.84. The first-order valence-electron chi connectivity index (χ1n) is 5.18. The Balaban J connectivity index is 1.91. The van der Waals surface area contributed by atoms with E-state index in [1.54, 1.807) is 18.2 Å². The van der Waals surface area contributed by atoms with Crippen molar-refractivity contribution in [2.75, 3.05) is 18.3 Å². The molecule has 2 N–H and O–H groups in total. The van der Waals surface area contributed by atoms with Gasteiger partial charge in [-0.3, -0.25) is 4.21 Å². The topological polar surface area (TPSA) is 52.3 Å². The summed E-state index contributed by atoms with van der Waals surface area (Å²) >= 11 is 5.95. The number of benzene rings is 1. The first-order chi connectivity index (χ1) is 7.66. The molecule has 0 saturated heterocycles. The molecule has 1 fully saturated rings. The lowest BCUT2D eigenvalue weighted by Crippen LogP contribution is -2.05. The predicted octanol–water partition coefficient (Wildman–Crippen LogP) is 2.41. The number of hydrogen-bond acceptors (Lipinski definition) is 3. The summed E-state index contributed by atoms with van der Waals surface area (Å²) in [5, 5.41) is 0.438. The minimum Gasteiger partial charge on any atom is -0.399 e. The van der Waals surface area contributed by atoms with Gasteiger partial charge in [-0.15, -0.1) is 0 Å². The predicted molar refractivity (Wildman–Crippen MR) is 65.8 cm³/mol. The molecule has 1 aromatic carbocycles. The van der Waals surface area contributed by atoms with Gasteiger partial charge >= 0.3 is 0 Å². The third-order valence-corrected chi connectivity index (χ3v) is 4.09. The van der Waals surface area contributed by atoms with E-state index in [0.717, 1.165) is 0 Å². The molecule has 0 bridgehead atoms. The molecule has 0 amide bonds. The van der Waals surface area contributed by atoms with Gasteiger partial charge in [0.2, 0.25) is 0 Å². The summed E-state index contributed by atoms with van der Waals surface area (Å²) in [5.41, 5.74) is 6.13. The van der Waals surface area contributed by atoms with Crippen LogP contribution in [0.1, 0.15) is 12.8 Å². The maximum Gasteiger partial charge on any atom is 0.126 e. The van der Waals surface area contributed by atoms with E-state index >= 15 is 0 Å². The Bertz CT molecular complexity index is 407. The molecule has 0 aromatic heterocycles. The molecule has 1 aromatic rings. The second kappa shape index (κ2) is 5.17. The maximum atomic E-state index is 11.8. The summed E-state index contributed by atoms with van der Waals surface area (Å²) in [6.07, 6.45) is 2.46. The zero-order chi connectivity index (χ0) is 11.5. The Labute approximate surface area is 102 Å². The molecular weight excluding hydrogens is 246 g/mol. The van der Waals surface area contributed by atoms with Crippen LogP contribution in [0.15, 0.2) is 23.1 Å². The Morgan fingerprint density at radius 1 is 1.50 bits per heavy atom. The van der Waals surface area contributed by atoms with Crippen molar-refractivity contribution in [2.45, 2.75) is 17.7 Å². The van der Waals surface area contributed by atoms with Crippen molar-refractivity contribution in [2.24, 2.45) is 5.92 Å². The van der Waals surface area contributed by atoms with Gasteiger partial charge in [0.25, 0.3) is 0 Å². The highest BCUT2D eigenvalue weighted by Crippen LogP contribution is 2.29. The minimum atomic E-state index is -1.20. The molecule has 1 aliphatic carbocycles. The van der Waals surface area contributed by atoms with Crippen LogP contribution in [0.25, 0.3) is 0 Å². The lowest BCUT2D eigenvalue weighted by molar-refractivity contribution is 0.168. The van der Waals surface area contributed by atoms with Gasteiger partial charge < -0.3 is 10.5 Å². The Hall–Kier alpha value is -0.580. The summed E-state index contributed by atoms with van der Waals surface area (Å²) in [6, 6.07) is 4.99. The fourth-order valence-electron chi connectivity index (χ4n) is 1.34. The number of anilines is 1. The van der Waals surface area contributed by atoms with E-state index in [-0.39, 0.29) is 5.94 Å². The second-order valence-corrected chi connectivity index (χ2v) is 5.74. The minimum absolute atomic E-state index is 0.208. The van der Waals surface area contributed by atoms with Gasteiger partial charge in [0.05, 0.1) is 27.3 Å². The number of ether oxygens (including phenoxy) is 1.